The number of para-hydroxylation sites is 1. The molecule has 0 spiro atoms. The number of hydrogen-bond acceptors (Lipinski definition) is 6. The first kappa shape index (κ1) is 15.5. The van der Waals surface area contributed by atoms with Crippen LogP contribution in [0, 0.1) is 10.1 Å². The molecule has 0 radical (unpaired) electrons. The van der Waals surface area contributed by atoms with Crippen LogP contribution in [0.15, 0.2) is 65.1 Å². The average molecular weight is 349 g/mol. The third-order valence-electron chi connectivity index (χ3n) is 3.62. The lowest BCUT2D eigenvalue weighted by atomic mass is 10.2. The molecule has 0 atom stereocenters. The molecule has 2 aromatic carbocycles. The second kappa shape index (κ2) is 6.13. The monoisotopic (exact) mass is 349 g/mol. The van der Waals surface area contributed by atoms with Gasteiger partial charge in [0.2, 0.25) is 0 Å². The molecule has 0 unspecified atom stereocenters. The normalized spacial score (nSPS) is 10.8. The van der Waals surface area contributed by atoms with E-state index in [-0.39, 0.29) is 5.76 Å². The Morgan fingerprint density at radius 3 is 2.54 bits per heavy atom. The summed E-state index contributed by atoms with van der Waals surface area (Å²) in [5.41, 5.74) is 2.55. The number of nitrogens with zero attached hydrogens (tertiary/aromatic N) is 4. The fourth-order valence-corrected chi connectivity index (χ4v) is 2.41. The molecule has 0 fully saturated rings. The van der Waals surface area contributed by atoms with E-state index in [9.17, 15) is 14.9 Å². The molecule has 4 aromatic rings. The van der Waals surface area contributed by atoms with Gasteiger partial charge in [0.25, 0.3) is 5.91 Å². The number of amides is 1. The van der Waals surface area contributed by atoms with Crippen LogP contribution >= 0.6 is 0 Å². The van der Waals surface area contributed by atoms with Crippen LogP contribution in [0.2, 0.25) is 0 Å². The second-order valence-corrected chi connectivity index (χ2v) is 5.38. The van der Waals surface area contributed by atoms with Crippen LogP contribution in [0.5, 0.6) is 0 Å². The van der Waals surface area contributed by atoms with Gasteiger partial charge in [-0.15, -0.1) is 10.2 Å². The fourth-order valence-electron chi connectivity index (χ4n) is 2.41. The summed E-state index contributed by atoms with van der Waals surface area (Å²) in [5.74, 6) is -1.23. The number of carbonyl (C=O) groups excluding carboxylic acids is 1. The Kier molecular flexibility index (Phi) is 3.66. The van der Waals surface area contributed by atoms with Crippen molar-refractivity contribution in [1.29, 1.82) is 0 Å². The van der Waals surface area contributed by atoms with Crippen LogP contribution in [0.4, 0.5) is 11.6 Å². The molecule has 9 heteroatoms. The predicted molar refractivity (Wildman–Crippen MR) is 92.2 cm³/mol. The Labute approximate surface area is 146 Å². The summed E-state index contributed by atoms with van der Waals surface area (Å²) in [4.78, 5) is 23.6. The van der Waals surface area contributed by atoms with Gasteiger partial charge < -0.3 is 9.73 Å². The van der Waals surface area contributed by atoms with E-state index in [1.807, 2.05) is 30.3 Å². The summed E-state index contributed by atoms with van der Waals surface area (Å²) in [6, 6.07) is 16.9. The number of nitrogens with one attached hydrogen (secondary N) is 1. The van der Waals surface area contributed by atoms with E-state index in [1.54, 1.807) is 18.2 Å². The molecule has 128 valence electrons. The molecule has 0 bridgehead atoms. The molecule has 0 aliphatic heterocycles. The predicted octanol–water partition coefficient (Wildman–Crippen LogP) is 3.17. The minimum absolute atomic E-state index is 0.148. The minimum Gasteiger partial charge on any atom is -0.395 e. The van der Waals surface area contributed by atoms with E-state index < -0.39 is 16.7 Å². The average Bonchev–Trinajstić information content (AvgIpc) is 3.29. The SMILES string of the molecule is O=C(Nc1ccc2nn(-c3ccccc3)nc2c1)c1ccc([N+](=O)[O-])o1. The van der Waals surface area contributed by atoms with Crippen LogP contribution in [-0.4, -0.2) is 25.8 Å². The number of benzene rings is 2. The zero-order chi connectivity index (χ0) is 18.1. The summed E-state index contributed by atoms with van der Waals surface area (Å²) in [7, 11) is 0. The molecule has 9 nitrogen and oxygen atoms in total. The molecule has 1 amide bonds. The van der Waals surface area contributed by atoms with Crippen LogP contribution in [0.3, 0.4) is 0 Å². The first-order chi connectivity index (χ1) is 12.6. The van der Waals surface area contributed by atoms with Crippen molar-refractivity contribution in [2.24, 2.45) is 0 Å². The van der Waals surface area contributed by atoms with Crippen LogP contribution in [0.25, 0.3) is 16.7 Å². The molecule has 0 saturated carbocycles. The van der Waals surface area contributed by atoms with Gasteiger partial charge in [-0.25, -0.2) is 0 Å². The molecule has 26 heavy (non-hydrogen) atoms. The Bertz CT molecular complexity index is 1120. The van der Waals surface area contributed by atoms with Gasteiger partial charge in [0.1, 0.15) is 16.0 Å². The summed E-state index contributed by atoms with van der Waals surface area (Å²) < 4.78 is 4.89. The highest BCUT2D eigenvalue weighted by atomic mass is 16.6. The van der Waals surface area contributed by atoms with Crippen molar-refractivity contribution in [3.8, 4) is 5.69 Å². The Hall–Kier alpha value is -4.01. The lowest BCUT2D eigenvalue weighted by Crippen LogP contribution is -2.10. The van der Waals surface area contributed by atoms with E-state index in [2.05, 4.69) is 15.5 Å². The topological polar surface area (TPSA) is 116 Å². The zero-order valence-corrected chi connectivity index (χ0v) is 13.2. The van der Waals surface area contributed by atoms with Gasteiger partial charge in [-0.05, 0) is 36.4 Å². The highest BCUT2D eigenvalue weighted by Gasteiger charge is 2.17. The van der Waals surface area contributed by atoms with Gasteiger partial charge in [-0.3, -0.25) is 14.9 Å². The van der Waals surface area contributed by atoms with Gasteiger partial charge in [-0.2, -0.15) is 4.80 Å². The smallest absolute Gasteiger partial charge is 0.395 e. The molecule has 4 rings (SSSR count). The molecule has 2 aromatic heterocycles. The van der Waals surface area contributed by atoms with E-state index in [1.165, 1.54) is 10.9 Å². The highest BCUT2D eigenvalue weighted by molar-refractivity contribution is 6.03. The third-order valence-corrected chi connectivity index (χ3v) is 3.62. The van der Waals surface area contributed by atoms with Crippen LogP contribution < -0.4 is 5.32 Å². The summed E-state index contributed by atoms with van der Waals surface area (Å²) in [6.07, 6.45) is 0. The number of anilines is 1. The minimum atomic E-state index is -0.704. The molecule has 0 aliphatic rings. The van der Waals surface area contributed by atoms with E-state index in [4.69, 9.17) is 4.42 Å². The molecule has 0 saturated heterocycles. The lowest BCUT2D eigenvalue weighted by molar-refractivity contribution is -0.402. The Morgan fingerprint density at radius 2 is 1.81 bits per heavy atom. The van der Waals surface area contributed by atoms with Gasteiger partial charge in [0.05, 0.1) is 11.8 Å². The number of aromatic nitrogens is 3. The Balaban J connectivity index is 1.59. The number of carbonyl (C=O) groups is 1. The van der Waals surface area contributed by atoms with Crippen molar-refractivity contribution in [3.63, 3.8) is 0 Å². The Morgan fingerprint density at radius 1 is 1.04 bits per heavy atom. The van der Waals surface area contributed by atoms with E-state index in [0.29, 0.717) is 16.7 Å². The number of fused-ring (bicyclic) bond motifs is 1. The first-order valence-electron chi connectivity index (χ1n) is 7.58. The van der Waals surface area contributed by atoms with Crippen molar-refractivity contribution in [3.05, 3.63) is 76.5 Å². The van der Waals surface area contributed by atoms with Gasteiger partial charge in [-0.1, -0.05) is 18.2 Å². The zero-order valence-electron chi connectivity index (χ0n) is 13.2. The third kappa shape index (κ3) is 2.88. The summed E-state index contributed by atoms with van der Waals surface area (Å²) >= 11 is 0. The maximum atomic E-state index is 12.1. The van der Waals surface area contributed by atoms with Crippen LogP contribution in [0.1, 0.15) is 10.6 Å². The van der Waals surface area contributed by atoms with Gasteiger partial charge >= 0.3 is 5.88 Å². The summed E-state index contributed by atoms with van der Waals surface area (Å²) in [6.45, 7) is 0. The van der Waals surface area contributed by atoms with E-state index in [0.717, 1.165) is 11.8 Å². The van der Waals surface area contributed by atoms with Crippen molar-refractivity contribution in [2.75, 3.05) is 5.32 Å². The maximum absolute atomic E-state index is 12.1. The van der Waals surface area contributed by atoms with Gasteiger partial charge in [0.15, 0.2) is 5.76 Å². The first-order valence-corrected chi connectivity index (χ1v) is 7.58. The molecule has 2 heterocycles. The van der Waals surface area contributed by atoms with Gasteiger partial charge in [0, 0.05) is 5.69 Å². The molecule has 1 N–H and O–H groups in total. The number of rotatable bonds is 4. The molecular weight excluding hydrogens is 338 g/mol. The largest absolute Gasteiger partial charge is 0.433 e. The van der Waals surface area contributed by atoms with Crippen LogP contribution in [-0.2, 0) is 0 Å². The highest BCUT2D eigenvalue weighted by Crippen LogP contribution is 2.20. The number of hydrogen-bond donors (Lipinski definition) is 1. The molecule has 0 aliphatic carbocycles. The second-order valence-electron chi connectivity index (χ2n) is 5.38. The van der Waals surface area contributed by atoms with Crippen molar-refractivity contribution in [2.45, 2.75) is 0 Å². The quantitative estimate of drug-likeness (QED) is 0.447. The lowest BCUT2D eigenvalue weighted by Gasteiger charge is -2.01. The maximum Gasteiger partial charge on any atom is 0.433 e. The number of nitro groups is 1. The number of furan rings is 1. The van der Waals surface area contributed by atoms with Crippen molar-refractivity contribution >= 4 is 28.5 Å². The van der Waals surface area contributed by atoms with Crippen molar-refractivity contribution in [1.82, 2.24) is 15.0 Å². The van der Waals surface area contributed by atoms with Crippen molar-refractivity contribution < 1.29 is 14.1 Å². The standard InChI is InChI=1S/C17H11N5O4/c23-17(15-8-9-16(26-15)22(24)25)18-11-6-7-13-14(10-11)20-21(19-13)12-4-2-1-3-5-12/h1-10H,(H,18,23). The summed E-state index contributed by atoms with van der Waals surface area (Å²) in [5, 5.41) is 22.0. The van der Waals surface area contributed by atoms with E-state index >= 15 is 0 Å². The fraction of sp³-hybridized carbons (Fsp3) is 0. The molecular formula is C17H11N5O4.